The molecule has 1 heterocycles. The Labute approximate surface area is 171 Å². The Morgan fingerprint density at radius 2 is 1.67 bits per heavy atom. The van der Waals surface area contributed by atoms with Crippen molar-refractivity contribution >= 4 is 29.7 Å². The van der Waals surface area contributed by atoms with E-state index in [1.165, 1.54) is 26.4 Å². The highest BCUT2D eigenvalue weighted by atomic mass is 16.4. The number of carbonyl (C=O) groups is 5. The first-order valence-corrected chi connectivity index (χ1v) is 9.09. The number of imidazole rings is 1. The number of aromatic amines is 1. The number of hydrogen-bond acceptors (Lipinski definition) is 7. The molecule has 0 bridgehead atoms. The topological polar surface area (TPSA) is 217 Å². The van der Waals surface area contributed by atoms with Crippen LogP contribution in [0.15, 0.2) is 12.5 Å². The van der Waals surface area contributed by atoms with Gasteiger partial charge in [-0.05, 0) is 20.3 Å². The van der Waals surface area contributed by atoms with Gasteiger partial charge in [0.05, 0.1) is 12.4 Å². The largest absolute Gasteiger partial charge is 0.481 e. The van der Waals surface area contributed by atoms with E-state index in [2.05, 4.69) is 25.9 Å². The molecule has 1 rings (SSSR count). The number of aromatic nitrogens is 2. The number of carbonyl (C=O) groups excluding carboxylic acids is 3. The van der Waals surface area contributed by atoms with Gasteiger partial charge in [-0.3, -0.25) is 24.0 Å². The summed E-state index contributed by atoms with van der Waals surface area (Å²) in [5.74, 6) is -4.51. The second-order valence-corrected chi connectivity index (χ2v) is 6.68. The maximum atomic E-state index is 12.4. The number of aliphatic carboxylic acids is 2. The number of nitrogens with one attached hydrogen (secondary N) is 4. The van der Waals surface area contributed by atoms with Gasteiger partial charge in [0, 0.05) is 24.7 Å². The normalized spacial score (nSPS) is 14.6. The number of amides is 3. The highest BCUT2D eigenvalue weighted by molar-refractivity contribution is 5.94. The van der Waals surface area contributed by atoms with Crippen LogP contribution in [-0.2, 0) is 30.4 Å². The van der Waals surface area contributed by atoms with Gasteiger partial charge in [0.15, 0.2) is 0 Å². The molecular formula is C17H26N6O7. The lowest BCUT2D eigenvalue weighted by atomic mass is 10.1. The van der Waals surface area contributed by atoms with Gasteiger partial charge in [-0.1, -0.05) is 0 Å². The summed E-state index contributed by atoms with van der Waals surface area (Å²) in [7, 11) is 0. The third-order valence-electron chi connectivity index (χ3n) is 4.10. The van der Waals surface area contributed by atoms with E-state index in [4.69, 9.17) is 15.9 Å². The summed E-state index contributed by atoms with van der Waals surface area (Å²) in [4.78, 5) is 65.0. The van der Waals surface area contributed by atoms with E-state index in [9.17, 15) is 24.0 Å². The van der Waals surface area contributed by atoms with Gasteiger partial charge in [-0.15, -0.1) is 0 Å². The standard InChI is InChI=1S/C17H26N6O7/c1-8(21-15(27)11(18)3-4-13(24)25)14(26)23-12(5-10-6-19-7-20-10)16(28)22-9(2)17(29)30/h6-9,11-12H,3-5,18H2,1-2H3,(H,19,20)(H,21,27)(H,22,28)(H,23,26)(H,24,25)(H,29,30). The molecule has 0 aromatic carbocycles. The molecule has 13 heteroatoms. The van der Waals surface area contributed by atoms with Crippen LogP contribution in [0.2, 0.25) is 0 Å². The second-order valence-electron chi connectivity index (χ2n) is 6.68. The maximum Gasteiger partial charge on any atom is 0.325 e. The third-order valence-corrected chi connectivity index (χ3v) is 4.10. The van der Waals surface area contributed by atoms with Gasteiger partial charge in [0.25, 0.3) is 0 Å². The number of nitrogens with two attached hydrogens (primary N) is 1. The average Bonchev–Trinajstić information content (AvgIpc) is 3.18. The van der Waals surface area contributed by atoms with Crippen molar-refractivity contribution in [1.29, 1.82) is 0 Å². The van der Waals surface area contributed by atoms with Crippen LogP contribution in [0.25, 0.3) is 0 Å². The Morgan fingerprint density at radius 1 is 1.03 bits per heavy atom. The molecule has 8 N–H and O–H groups in total. The summed E-state index contributed by atoms with van der Waals surface area (Å²) >= 11 is 0. The highest BCUT2D eigenvalue weighted by Gasteiger charge is 2.28. The van der Waals surface area contributed by atoms with Crippen molar-refractivity contribution < 1.29 is 34.2 Å². The van der Waals surface area contributed by atoms with Gasteiger partial charge in [0.2, 0.25) is 17.7 Å². The minimum absolute atomic E-state index is 0.00268. The maximum absolute atomic E-state index is 12.4. The lowest BCUT2D eigenvalue weighted by Crippen LogP contribution is -2.56. The minimum Gasteiger partial charge on any atom is -0.481 e. The van der Waals surface area contributed by atoms with Crippen LogP contribution in [0.5, 0.6) is 0 Å². The van der Waals surface area contributed by atoms with Crippen LogP contribution in [0, 0.1) is 0 Å². The predicted octanol–water partition coefficient (Wildman–Crippen LogP) is -2.28. The first kappa shape index (κ1) is 24.6. The Bertz CT molecular complexity index is 767. The van der Waals surface area contributed by atoms with Crippen molar-refractivity contribution in [3.8, 4) is 0 Å². The molecule has 0 saturated heterocycles. The number of nitrogens with zero attached hydrogens (tertiary/aromatic N) is 1. The van der Waals surface area contributed by atoms with Crippen LogP contribution in [0.3, 0.4) is 0 Å². The average molecular weight is 426 g/mol. The zero-order valence-corrected chi connectivity index (χ0v) is 16.5. The molecule has 0 spiro atoms. The quantitative estimate of drug-likeness (QED) is 0.191. The number of hydrogen-bond donors (Lipinski definition) is 7. The van der Waals surface area contributed by atoms with Crippen molar-refractivity contribution in [3.63, 3.8) is 0 Å². The molecular weight excluding hydrogens is 400 g/mol. The van der Waals surface area contributed by atoms with Gasteiger partial charge in [0.1, 0.15) is 18.1 Å². The van der Waals surface area contributed by atoms with Crippen LogP contribution < -0.4 is 21.7 Å². The SMILES string of the molecule is CC(NC(=O)C(Cc1cnc[nH]1)NC(=O)C(C)NC(=O)C(N)CCC(=O)O)C(=O)O. The molecule has 0 saturated carbocycles. The van der Waals surface area contributed by atoms with Crippen molar-refractivity contribution in [2.24, 2.45) is 5.73 Å². The third kappa shape index (κ3) is 8.26. The summed E-state index contributed by atoms with van der Waals surface area (Å²) in [5.41, 5.74) is 6.12. The van der Waals surface area contributed by atoms with Crippen LogP contribution in [-0.4, -0.2) is 74.0 Å². The molecule has 4 atom stereocenters. The van der Waals surface area contributed by atoms with E-state index in [0.29, 0.717) is 5.69 Å². The molecule has 13 nitrogen and oxygen atoms in total. The molecule has 0 fully saturated rings. The zero-order chi connectivity index (χ0) is 22.8. The smallest absolute Gasteiger partial charge is 0.325 e. The van der Waals surface area contributed by atoms with Crippen LogP contribution in [0.1, 0.15) is 32.4 Å². The fourth-order valence-corrected chi connectivity index (χ4v) is 2.29. The molecule has 4 unspecified atom stereocenters. The van der Waals surface area contributed by atoms with Crippen LogP contribution >= 0.6 is 0 Å². The summed E-state index contributed by atoms with van der Waals surface area (Å²) in [6.07, 6.45) is 2.42. The van der Waals surface area contributed by atoms with E-state index in [1.807, 2.05) is 0 Å². The monoisotopic (exact) mass is 426 g/mol. The second kappa shape index (κ2) is 11.5. The molecule has 0 radical (unpaired) electrons. The van der Waals surface area contributed by atoms with Crippen molar-refractivity contribution in [2.75, 3.05) is 0 Å². The van der Waals surface area contributed by atoms with Crippen molar-refractivity contribution in [3.05, 3.63) is 18.2 Å². The van der Waals surface area contributed by atoms with E-state index in [1.54, 1.807) is 0 Å². The van der Waals surface area contributed by atoms with Crippen molar-refractivity contribution in [1.82, 2.24) is 25.9 Å². The van der Waals surface area contributed by atoms with Crippen molar-refractivity contribution in [2.45, 2.75) is 57.3 Å². The molecule has 30 heavy (non-hydrogen) atoms. The molecule has 0 aliphatic heterocycles. The molecule has 1 aromatic heterocycles. The molecule has 0 aliphatic carbocycles. The summed E-state index contributed by atoms with van der Waals surface area (Å²) in [6, 6.07) is -4.51. The van der Waals surface area contributed by atoms with Crippen LogP contribution in [0.4, 0.5) is 0 Å². The molecule has 166 valence electrons. The lowest BCUT2D eigenvalue weighted by Gasteiger charge is -2.22. The number of H-pyrrole nitrogens is 1. The van der Waals surface area contributed by atoms with E-state index in [-0.39, 0.29) is 19.3 Å². The van der Waals surface area contributed by atoms with E-state index in [0.717, 1.165) is 0 Å². The molecule has 3 amide bonds. The first-order chi connectivity index (χ1) is 14.0. The summed E-state index contributed by atoms with van der Waals surface area (Å²) in [5, 5.41) is 24.7. The minimum atomic E-state index is -1.24. The first-order valence-electron chi connectivity index (χ1n) is 9.09. The Kier molecular flexibility index (Phi) is 9.42. The van der Waals surface area contributed by atoms with E-state index < -0.39 is 53.8 Å². The number of rotatable bonds is 12. The van der Waals surface area contributed by atoms with Gasteiger partial charge < -0.3 is 36.9 Å². The Hall–Kier alpha value is -3.48. The summed E-state index contributed by atoms with van der Waals surface area (Å²) in [6.45, 7) is 2.64. The van der Waals surface area contributed by atoms with E-state index >= 15 is 0 Å². The lowest BCUT2D eigenvalue weighted by molar-refractivity contribution is -0.142. The Balaban J connectivity index is 2.75. The Morgan fingerprint density at radius 3 is 2.20 bits per heavy atom. The van der Waals surface area contributed by atoms with Gasteiger partial charge >= 0.3 is 11.9 Å². The highest BCUT2D eigenvalue weighted by Crippen LogP contribution is 2.02. The number of carboxylic acids is 2. The summed E-state index contributed by atoms with van der Waals surface area (Å²) < 4.78 is 0. The molecule has 1 aromatic rings. The number of carboxylic acid groups (broad SMARTS) is 2. The van der Waals surface area contributed by atoms with Gasteiger partial charge in [-0.2, -0.15) is 0 Å². The fraction of sp³-hybridized carbons (Fsp3) is 0.529. The van der Waals surface area contributed by atoms with Gasteiger partial charge in [-0.25, -0.2) is 4.98 Å². The molecule has 0 aliphatic rings. The zero-order valence-electron chi connectivity index (χ0n) is 16.5. The fourth-order valence-electron chi connectivity index (χ4n) is 2.29. The predicted molar refractivity (Wildman–Crippen MR) is 102 cm³/mol.